The molecule has 0 bridgehead atoms. The van der Waals surface area contributed by atoms with Crippen LogP contribution in [0.15, 0.2) is 18.5 Å². The van der Waals surface area contributed by atoms with E-state index in [1.54, 1.807) is 11.0 Å². The van der Waals surface area contributed by atoms with Crippen molar-refractivity contribution in [1.29, 1.82) is 0 Å². The van der Waals surface area contributed by atoms with Crippen molar-refractivity contribution in [2.24, 2.45) is 0 Å². The molecule has 1 saturated carbocycles. The van der Waals surface area contributed by atoms with Crippen LogP contribution in [0.25, 0.3) is 0 Å². The van der Waals surface area contributed by atoms with Crippen LogP contribution < -0.4 is 0 Å². The fraction of sp³-hybridized carbons (Fsp3) is 0.538. The first-order valence-corrected chi connectivity index (χ1v) is 6.77. The molecule has 0 unspecified atom stereocenters. The Kier molecular flexibility index (Phi) is 4.42. The van der Waals surface area contributed by atoms with Gasteiger partial charge in [0.15, 0.2) is 0 Å². The number of pyridine rings is 1. The van der Waals surface area contributed by atoms with Crippen molar-refractivity contribution in [3.8, 4) is 5.75 Å². The van der Waals surface area contributed by atoms with E-state index in [-0.39, 0.29) is 17.7 Å². The summed E-state index contributed by atoms with van der Waals surface area (Å²) in [7, 11) is 0. The number of alkyl halides is 1. The number of aromatic nitrogens is 1. The molecule has 1 amide bonds. The molecule has 0 aliphatic heterocycles. The van der Waals surface area contributed by atoms with Crippen molar-refractivity contribution in [3.05, 3.63) is 24.0 Å². The number of aromatic hydroxyl groups is 1. The van der Waals surface area contributed by atoms with Crippen molar-refractivity contribution in [2.45, 2.75) is 31.7 Å². The van der Waals surface area contributed by atoms with E-state index in [1.165, 1.54) is 12.4 Å². The first-order chi connectivity index (χ1) is 8.74. The highest BCUT2D eigenvalue weighted by Gasteiger charge is 2.28. The zero-order valence-corrected chi connectivity index (χ0v) is 10.9. The minimum absolute atomic E-state index is 0.0694. The van der Waals surface area contributed by atoms with Crippen LogP contribution in [0.1, 0.15) is 36.0 Å². The lowest BCUT2D eigenvalue weighted by Gasteiger charge is -2.28. The Labute approximate surface area is 112 Å². The van der Waals surface area contributed by atoms with Gasteiger partial charge in [0.1, 0.15) is 5.75 Å². The van der Waals surface area contributed by atoms with Crippen molar-refractivity contribution >= 4 is 17.5 Å². The predicted molar refractivity (Wildman–Crippen MR) is 69.9 cm³/mol. The smallest absolute Gasteiger partial charge is 0.258 e. The van der Waals surface area contributed by atoms with Gasteiger partial charge in [-0.3, -0.25) is 9.78 Å². The Bertz CT molecular complexity index is 419. The number of halogens is 1. The Morgan fingerprint density at radius 2 is 2.22 bits per heavy atom. The summed E-state index contributed by atoms with van der Waals surface area (Å²) in [6.07, 6.45) is 7.16. The van der Waals surface area contributed by atoms with Crippen molar-refractivity contribution in [2.75, 3.05) is 12.4 Å². The van der Waals surface area contributed by atoms with E-state index in [2.05, 4.69) is 4.98 Å². The number of hydrogen-bond acceptors (Lipinski definition) is 3. The molecule has 1 fully saturated rings. The van der Waals surface area contributed by atoms with Gasteiger partial charge in [-0.2, -0.15) is 0 Å². The van der Waals surface area contributed by atoms with Gasteiger partial charge in [0.05, 0.1) is 11.8 Å². The Morgan fingerprint density at radius 1 is 1.50 bits per heavy atom. The molecule has 98 valence electrons. The molecule has 0 atom stereocenters. The molecule has 1 aromatic heterocycles. The number of nitrogens with zero attached hydrogens (tertiary/aromatic N) is 2. The average molecular weight is 269 g/mol. The van der Waals surface area contributed by atoms with Crippen molar-refractivity contribution < 1.29 is 9.90 Å². The lowest BCUT2D eigenvalue weighted by Crippen LogP contribution is -2.40. The fourth-order valence-electron chi connectivity index (χ4n) is 2.48. The lowest BCUT2D eigenvalue weighted by atomic mass is 10.1. The third-order valence-electron chi connectivity index (χ3n) is 3.38. The summed E-state index contributed by atoms with van der Waals surface area (Å²) in [6, 6.07) is 1.80. The largest absolute Gasteiger partial charge is 0.505 e. The second kappa shape index (κ2) is 6.05. The molecule has 1 aromatic rings. The second-order valence-electron chi connectivity index (χ2n) is 4.52. The van der Waals surface area contributed by atoms with E-state index in [0.717, 1.165) is 25.7 Å². The van der Waals surface area contributed by atoms with Gasteiger partial charge in [-0.15, -0.1) is 11.6 Å². The van der Waals surface area contributed by atoms with Crippen LogP contribution >= 0.6 is 11.6 Å². The summed E-state index contributed by atoms with van der Waals surface area (Å²) in [6.45, 7) is 0.521. The molecule has 5 heteroatoms. The number of carbonyl (C=O) groups is 1. The average Bonchev–Trinajstić information content (AvgIpc) is 2.89. The zero-order valence-electron chi connectivity index (χ0n) is 10.2. The fourth-order valence-corrected chi connectivity index (χ4v) is 2.66. The van der Waals surface area contributed by atoms with Crippen LogP contribution in [0.4, 0.5) is 0 Å². The Morgan fingerprint density at radius 3 is 2.83 bits per heavy atom. The SMILES string of the molecule is O=C(c1ccncc1O)N(CCCl)C1CCCC1. The third kappa shape index (κ3) is 2.75. The molecule has 1 aliphatic carbocycles. The maximum absolute atomic E-state index is 12.4. The molecule has 0 radical (unpaired) electrons. The van der Waals surface area contributed by atoms with Crippen LogP contribution in [0.5, 0.6) is 5.75 Å². The first kappa shape index (κ1) is 13.1. The minimum atomic E-state index is -0.151. The van der Waals surface area contributed by atoms with E-state index in [0.29, 0.717) is 18.0 Å². The third-order valence-corrected chi connectivity index (χ3v) is 3.55. The van der Waals surface area contributed by atoms with Gasteiger partial charge >= 0.3 is 0 Å². The molecular weight excluding hydrogens is 252 g/mol. The summed E-state index contributed by atoms with van der Waals surface area (Å²) >= 11 is 5.78. The van der Waals surface area contributed by atoms with E-state index >= 15 is 0 Å². The topological polar surface area (TPSA) is 53.4 Å². The van der Waals surface area contributed by atoms with Gasteiger partial charge in [0.25, 0.3) is 5.91 Å². The highest BCUT2D eigenvalue weighted by molar-refractivity contribution is 6.18. The number of rotatable bonds is 4. The highest BCUT2D eigenvalue weighted by Crippen LogP contribution is 2.26. The van der Waals surface area contributed by atoms with E-state index in [4.69, 9.17) is 11.6 Å². The van der Waals surface area contributed by atoms with E-state index < -0.39 is 0 Å². The summed E-state index contributed by atoms with van der Waals surface area (Å²) in [5, 5.41) is 9.70. The molecule has 2 rings (SSSR count). The maximum atomic E-state index is 12.4. The van der Waals surface area contributed by atoms with Gasteiger partial charge in [-0.25, -0.2) is 0 Å². The van der Waals surface area contributed by atoms with Gasteiger partial charge in [-0.1, -0.05) is 12.8 Å². The van der Waals surface area contributed by atoms with Crippen LogP contribution in [0.2, 0.25) is 0 Å². The second-order valence-corrected chi connectivity index (χ2v) is 4.90. The van der Waals surface area contributed by atoms with E-state index in [1.807, 2.05) is 0 Å². The van der Waals surface area contributed by atoms with Crippen LogP contribution in [0.3, 0.4) is 0 Å². The quantitative estimate of drug-likeness (QED) is 0.853. The first-order valence-electron chi connectivity index (χ1n) is 6.24. The molecule has 1 N–H and O–H groups in total. The summed E-state index contributed by atoms with van der Waals surface area (Å²) in [5.74, 6) is 0.191. The van der Waals surface area contributed by atoms with Gasteiger partial charge in [0.2, 0.25) is 0 Å². The molecule has 0 aromatic carbocycles. The molecule has 1 heterocycles. The maximum Gasteiger partial charge on any atom is 0.258 e. The molecule has 4 nitrogen and oxygen atoms in total. The monoisotopic (exact) mass is 268 g/mol. The standard InChI is InChI=1S/C13H17ClN2O2/c14-6-8-16(10-3-1-2-4-10)13(18)11-5-7-15-9-12(11)17/h5,7,9-10,17H,1-4,6,8H2. The number of hydrogen-bond donors (Lipinski definition) is 1. The predicted octanol–water partition coefficient (Wildman–Crippen LogP) is 2.41. The highest BCUT2D eigenvalue weighted by atomic mass is 35.5. The van der Waals surface area contributed by atoms with Crippen molar-refractivity contribution in [1.82, 2.24) is 9.88 Å². The minimum Gasteiger partial charge on any atom is -0.505 e. The lowest BCUT2D eigenvalue weighted by molar-refractivity contribution is 0.0692. The molecule has 0 spiro atoms. The Hall–Kier alpha value is -1.29. The molecule has 0 saturated heterocycles. The van der Waals surface area contributed by atoms with Gasteiger partial charge in [-0.05, 0) is 18.9 Å². The number of amides is 1. The Balaban J connectivity index is 2.20. The van der Waals surface area contributed by atoms with E-state index in [9.17, 15) is 9.90 Å². The zero-order chi connectivity index (χ0) is 13.0. The molecule has 1 aliphatic rings. The summed E-state index contributed by atoms with van der Waals surface area (Å²) in [4.78, 5) is 18.0. The summed E-state index contributed by atoms with van der Waals surface area (Å²) in [5.41, 5.74) is 0.307. The molecule has 18 heavy (non-hydrogen) atoms. The van der Waals surface area contributed by atoms with Crippen LogP contribution in [-0.2, 0) is 0 Å². The normalized spacial score (nSPS) is 15.8. The van der Waals surface area contributed by atoms with Crippen LogP contribution in [0, 0.1) is 0 Å². The van der Waals surface area contributed by atoms with Crippen LogP contribution in [-0.4, -0.2) is 39.4 Å². The molecular formula is C13H17ClN2O2. The number of carbonyl (C=O) groups excluding carboxylic acids is 1. The summed E-state index contributed by atoms with van der Waals surface area (Å²) < 4.78 is 0. The van der Waals surface area contributed by atoms with Gasteiger partial charge in [0, 0.05) is 24.7 Å². The van der Waals surface area contributed by atoms with Gasteiger partial charge < -0.3 is 10.0 Å². The van der Waals surface area contributed by atoms with Crippen molar-refractivity contribution in [3.63, 3.8) is 0 Å².